The number of aromatic nitrogens is 2. The average molecular weight is 192 g/mol. The van der Waals surface area contributed by atoms with Crippen molar-refractivity contribution in [2.45, 2.75) is 27.3 Å². The lowest BCUT2D eigenvalue weighted by atomic mass is 10.2. The van der Waals surface area contributed by atoms with Crippen molar-refractivity contribution in [3.05, 3.63) is 23.8 Å². The molecule has 76 valence electrons. The van der Waals surface area contributed by atoms with Gasteiger partial charge in [-0.2, -0.15) is 0 Å². The molecule has 1 heterocycles. The summed E-state index contributed by atoms with van der Waals surface area (Å²) in [6, 6.07) is 0. The van der Waals surface area contributed by atoms with Gasteiger partial charge in [0.15, 0.2) is 0 Å². The molecule has 0 spiro atoms. The maximum Gasteiger partial charge on any atom is 0.0967 e. The summed E-state index contributed by atoms with van der Waals surface area (Å²) in [6.45, 7) is 6.44. The molecule has 4 heteroatoms. The minimum absolute atomic E-state index is 0.286. The zero-order valence-electron chi connectivity index (χ0n) is 8.86. The molecule has 4 nitrogen and oxygen atoms in total. The quantitative estimate of drug-likeness (QED) is 0.580. The Balaban J connectivity index is 2.62. The summed E-state index contributed by atoms with van der Waals surface area (Å²) in [7, 11) is 0. The van der Waals surface area contributed by atoms with Gasteiger partial charge in [-0.1, -0.05) is 13.8 Å². The molecular weight excluding hydrogens is 176 g/mol. The molecular formula is C10H16N4. The topological polar surface area (TPSA) is 64.2 Å². The van der Waals surface area contributed by atoms with E-state index in [4.69, 9.17) is 5.73 Å². The van der Waals surface area contributed by atoms with Crippen molar-refractivity contribution in [1.29, 1.82) is 0 Å². The van der Waals surface area contributed by atoms with Gasteiger partial charge in [-0.15, -0.1) is 0 Å². The Morgan fingerprint density at radius 3 is 2.64 bits per heavy atom. The van der Waals surface area contributed by atoms with Crippen molar-refractivity contribution in [2.75, 3.05) is 0 Å². The maximum atomic E-state index is 5.70. The monoisotopic (exact) mass is 192 g/mol. The molecule has 0 aliphatic rings. The van der Waals surface area contributed by atoms with Gasteiger partial charge in [-0.3, -0.25) is 15.0 Å². The Morgan fingerprint density at radius 1 is 1.43 bits per heavy atom. The lowest BCUT2D eigenvalue weighted by Crippen LogP contribution is -2.18. The van der Waals surface area contributed by atoms with E-state index in [1.807, 2.05) is 20.8 Å². The molecule has 0 saturated heterocycles. The Morgan fingerprint density at radius 2 is 2.14 bits per heavy atom. The number of nitrogens with zero attached hydrogens (tertiary/aromatic N) is 3. The van der Waals surface area contributed by atoms with Gasteiger partial charge in [0.1, 0.15) is 0 Å². The van der Waals surface area contributed by atoms with E-state index in [0.717, 1.165) is 11.4 Å². The summed E-state index contributed by atoms with van der Waals surface area (Å²) in [6.07, 6.45) is 3.46. The molecule has 0 aliphatic heterocycles. The van der Waals surface area contributed by atoms with Gasteiger partial charge in [-0.25, -0.2) is 0 Å². The lowest BCUT2D eigenvalue weighted by molar-refractivity contribution is 0.845. The molecule has 0 amide bonds. The SMILES string of the molecule is Cc1cnc(CN=C(N)C(C)C)cn1. The minimum atomic E-state index is 0.286. The zero-order valence-corrected chi connectivity index (χ0v) is 8.86. The van der Waals surface area contributed by atoms with Gasteiger partial charge in [-0.05, 0) is 6.92 Å². The van der Waals surface area contributed by atoms with Gasteiger partial charge in [0.05, 0.1) is 30.0 Å². The highest BCUT2D eigenvalue weighted by Gasteiger charge is 1.99. The zero-order chi connectivity index (χ0) is 10.6. The molecule has 0 atom stereocenters. The third-order valence-electron chi connectivity index (χ3n) is 1.85. The van der Waals surface area contributed by atoms with Crippen LogP contribution in [0.25, 0.3) is 0 Å². The average Bonchev–Trinajstić information content (AvgIpc) is 2.16. The van der Waals surface area contributed by atoms with Gasteiger partial charge in [0, 0.05) is 12.1 Å². The van der Waals surface area contributed by atoms with Gasteiger partial charge >= 0.3 is 0 Å². The Labute approximate surface area is 84.3 Å². The van der Waals surface area contributed by atoms with E-state index in [1.54, 1.807) is 12.4 Å². The summed E-state index contributed by atoms with van der Waals surface area (Å²) >= 11 is 0. The Bertz CT molecular complexity index is 313. The molecule has 0 aromatic carbocycles. The van der Waals surface area contributed by atoms with Gasteiger partial charge < -0.3 is 5.73 Å². The van der Waals surface area contributed by atoms with Crippen LogP contribution in [0.1, 0.15) is 25.2 Å². The van der Waals surface area contributed by atoms with Crippen LogP contribution in [0.2, 0.25) is 0 Å². The van der Waals surface area contributed by atoms with Gasteiger partial charge in [0.2, 0.25) is 0 Å². The van der Waals surface area contributed by atoms with Crippen LogP contribution in [0.5, 0.6) is 0 Å². The first-order valence-corrected chi connectivity index (χ1v) is 4.67. The second-order valence-electron chi connectivity index (χ2n) is 3.54. The predicted octanol–water partition coefficient (Wildman–Crippen LogP) is 1.30. The van der Waals surface area contributed by atoms with E-state index in [2.05, 4.69) is 15.0 Å². The molecule has 0 fully saturated rings. The largest absolute Gasteiger partial charge is 0.387 e. The number of rotatable bonds is 3. The second kappa shape index (κ2) is 4.69. The molecule has 1 rings (SSSR count). The summed E-state index contributed by atoms with van der Waals surface area (Å²) in [4.78, 5) is 12.5. The van der Waals surface area contributed by atoms with Crippen molar-refractivity contribution in [1.82, 2.24) is 9.97 Å². The molecule has 14 heavy (non-hydrogen) atoms. The van der Waals surface area contributed by atoms with Crippen molar-refractivity contribution in [3.8, 4) is 0 Å². The molecule has 0 unspecified atom stereocenters. The van der Waals surface area contributed by atoms with Crippen LogP contribution in [0.3, 0.4) is 0 Å². The third-order valence-corrected chi connectivity index (χ3v) is 1.85. The van der Waals surface area contributed by atoms with E-state index < -0.39 is 0 Å². The molecule has 0 radical (unpaired) electrons. The molecule has 2 N–H and O–H groups in total. The van der Waals surface area contributed by atoms with Crippen molar-refractivity contribution >= 4 is 5.84 Å². The fourth-order valence-electron chi connectivity index (χ4n) is 0.856. The van der Waals surface area contributed by atoms with Crippen LogP contribution in [0.15, 0.2) is 17.4 Å². The van der Waals surface area contributed by atoms with Crippen LogP contribution in [0.4, 0.5) is 0 Å². The van der Waals surface area contributed by atoms with Gasteiger partial charge in [0.25, 0.3) is 0 Å². The van der Waals surface area contributed by atoms with E-state index in [9.17, 15) is 0 Å². The lowest BCUT2D eigenvalue weighted by Gasteiger charge is -2.03. The molecule has 0 saturated carbocycles. The van der Waals surface area contributed by atoms with Crippen molar-refractivity contribution < 1.29 is 0 Å². The number of aryl methyl sites for hydroxylation is 1. The van der Waals surface area contributed by atoms with Crippen LogP contribution in [0, 0.1) is 12.8 Å². The van der Waals surface area contributed by atoms with E-state index in [0.29, 0.717) is 12.4 Å². The number of hydrogen-bond acceptors (Lipinski definition) is 3. The molecule has 0 aliphatic carbocycles. The number of nitrogens with two attached hydrogens (primary N) is 1. The highest BCUT2D eigenvalue weighted by atomic mass is 14.9. The van der Waals surface area contributed by atoms with Crippen molar-refractivity contribution in [3.63, 3.8) is 0 Å². The second-order valence-corrected chi connectivity index (χ2v) is 3.54. The Hall–Kier alpha value is -1.45. The first-order chi connectivity index (χ1) is 6.59. The molecule has 1 aromatic rings. The van der Waals surface area contributed by atoms with Crippen LogP contribution >= 0.6 is 0 Å². The fourth-order valence-corrected chi connectivity index (χ4v) is 0.856. The normalized spacial score (nSPS) is 12.1. The van der Waals surface area contributed by atoms with Crippen LogP contribution in [-0.2, 0) is 6.54 Å². The first kappa shape index (κ1) is 10.6. The summed E-state index contributed by atoms with van der Waals surface area (Å²) in [5.74, 6) is 0.945. The van der Waals surface area contributed by atoms with Crippen LogP contribution < -0.4 is 5.73 Å². The maximum absolute atomic E-state index is 5.70. The van der Waals surface area contributed by atoms with E-state index >= 15 is 0 Å². The van der Waals surface area contributed by atoms with Crippen molar-refractivity contribution in [2.24, 2.45) is 16.6 Å². The standard InChI is InChI=1S/C10H16N4/c1-7(2)10(11)14-6-9-5-12-8(3)4-13-9/h4-5,7H,6H2,1-3H3,(H2,11,14). The molecule has 1 aromatic heterocycles. The summed E-state index contributed by atoms with van der Waals surface area (Å²) < 4.78 is 0. The summed E-state index contributed by atoms with van der Waals surface area (Å²) in [5, 5.41) is 0. The number of amidine groups is 1. The van der Waals surface area contributed by atoms with E-state index in [-0.39, 0.29) is 5.92 Å². The highest BCUT2D eigenvalue weighted by molar-refractivity contribution is 5.82. The number of aliphatic imine (C=N–C) groups is 1. The molecule has 0 bridgehead atoms. The first-order valence-electron chi connectivity index (χ1n) is 4.67. The number of hydrogen-bond donors (Lipinski definition) is 1. The van der Waals surface area contributed by atoms with E-state index in [1.165, 1.54) is 0 Å². The summed E-state index contributed by atoms with van der Waals surface area (Å²) in [5.41, 5.74) is 7.45. The third kappa shape index (κ3) is 3.12. The van der Waals surface area contributed by atoms with Crippen LogP contribution in [-0.4, -0.2) is 15.8 Å². The fraction of sp³-hybridized carbons (Fsp3) is 0.500. The smallest absolute Gasteiger partial charge is 0.0967 e. The minimum Gasteiger partial charge on any atom is -0.387 e. The Kier molecular flexibility index (Phi) is 3.56. The predicted molar refractivity (Wildman–Crippen MR) is 56.9 cm³/mol. The highest BCUT2D eigenvalue weighted by Crippen LogP contribution is 1.98.